The van der Waals surface area contributed by atoms with Crippen LogP contribution in [0, 0.1) is 5.92 Å². The van der Waals surface area contributed by atoms with Crippen molar-refractivity contribution in [2.75, 3.05) is 19.6 Å². The number of aromatic nitrogens is 2. The summed E-state index contributed by atoms with van der Waals surface area (Å²) in [4.78, 5) is 22.0. The number of piperidine rings is 1. The van der Waals surface area contributed by atoms with Gasteiger partial charge in [0, 0.05) is 11.6 Å². The highest BCUT2D eigenvalue weighted by atomic mass is 35.5. The summed E-state index contributed by atoms with van der Waals surface area (Å²) in [6.45, 7) is 3.49. The van der Waals surface area contributed by atoms with E-state index in [9.17, 15) is 4.79 Å². The second-order valence-electron chi connectivity index (χ2n) is 5.99. The Labute approximate surface area is 146 Å². The Hall–Kier alpha value is -1.14. The van der Waals surface area contributed by atoms with Gasteiger partial charge in [-0.05, 0) is 56.5 Å². The minimum atomic E-state index is -0.127. The molecule has 1 aromatic heterocycles. The van der Waals surface area contributed by atoms with E-state index in [2.05, 4.69) is 14.9 Å². The van der Waals surface area contributed by atoms with E-state index in [-0.39, 0.29) is 18.0 Å². The van der Waals surface area contributed by atoms with Gasteiger partial charge >= 0.3 is 0 Å². The molecular weight excluding hydrogens is 335 g/mol. The van der Waals surface area contributed by atoms with E-state index in [1.165, 1.54) is 12.8 Å². The lowest BCUT2D eigenvalue weighted by molar-refractivity contribution is 0.160. The van der Waals surface area contributed by atoms with Crippen molar-refractivity contribution >= 4 is 34.9 Å². The van der Waals surface area contributed by atoms with Crippen molar-refractivity contribution in [3.8, 4) is 0 Å². The number of halogens is 2. The van der Waals surface area contributed by atoms with Crippen LogP contribution in [0.25, 0.3) is 10.9 Å². The van der Waals surface area contributed by atoms with Gasteiger partial charge in [0.05, 0.1) is 17.4 Å². The van der Waals surface area contributed by atoms with E-state index in [0.717, 1.165) is 26.1 Å². The molecule has 1 unspecified atom stereocenters. The smallest absolute Gasteiger partial charge is 0.258 e. The summed E-state index contributed by atoms with van der Waals surface area (Å²) in [6.07, 6.45) is 3.49. The highest BCUT2D eigenvalue weighted by Gasteiger charge is 2.20. The lowest BCUT2D eigenvalue weighted by atomic mass is 9.95. The van der Waals surface area contributed by atoms with Crippen molar-refractivity contribution in [1.29, 1.82) is 0 Å². The molecule has 126 valence electrons. The van der Waals surface area contributed by atoms with Crippen molar-refractivity contribution < 1.29 is 0 Å². The quantitative estimate of drug-likeness (QED) is 0.882. The molecule has 3 N–H and O–H groups in total. The normalized spacial score (nSPS) is 18.8. The Morgan fingerprint density at radius 1 is 1.43 bits per heavy atom. The van der Waals surface area contributed by atoms with Gasteiger partial charge in [-0.1, -0.05) is 11.6 Å². The number of benzene rings is 1. The van der Waals surface area contributed by atoms with E-state index in [0.29, 0.717) is 34.2 Å². The molecule has 0 saturated carbocycles. The van der Waals surface area contributed by atoms with Crippen LogP contribution in [0.5, 0.6) is 0 Å². The lowest BCUT2D eigenvalue weighted by Crippen LogP contribution is -2.36. The summed E-state index contributed by atoms with van der Waals surface area (Å²) in [7, 11) is 0. The molecule has 3 rings (SSSR count). The predicted octanol–water partition coefficient (Wildman–Crippen LogP) is 2.56. The Morgan fingerprint density at radius 3 is 3.04 bits per heavy atom. The lowest BCUT2D eigenvalue weighted by Gasteiger charge is -2.32. The standard InChI is InChI=1S/C16H21ClN4O.ClH/c17-12-3-4-14-13(8-12)16(22)20-15(19-14)10-21-7-1-2-11(9-21)5-6-18;/h3-4,8,11H,1-2,5-7,9-10,18H2,(H,19,20,22);1H. The Morgan fingerprint density at radius 2 is 2.26 bits per heavy atom. The molecule has 23 heavy (non-hydrogen) atoms. The fourth-order valence-electron chi connectivity index (χ4n) is 3.21. The average molecular weight is 357 g/mol. The maximum atomic E-state index is 12.2. The van der Waals surface area contributed by atoms with Gasteiger partial charge in [-0.2, -0.15) is 0 Å². The minimum Gasteiger partial charge on any atom is -0.330 e. The first-order valence-corrected chi connectivity index (χ1v) is 8.14. The molecular formula is C16H22Cl2N4O. The molecule has 1 atom stereocenters. The summed E-state index contributed by atoms with van der Waals surface area (Å²) in [5.74, 6) is 1.37. The molecule has 1 fully saturated rings. The van der Waals surface area contributed by atoms with Crippen LogP contribution in [0.1, 0.15) is 25.1 Å². The summed E-state index contributed by atoms with van der Waals surface area (Å²) in [5.41, 5.74) is 6.23. The van der Waals surface area contributed by atoms with Crippen LogP contribution in [0.3, 0.4) is 0 Å². The first-order chi connectivity index (χ1) is 10.7. The van der Waals surface area contributed by atoms with Gasteiger partial charge in [-0.25, -0.2) is 4.98 Å². The SMILES string of the molecule is Cl.NCCC1CCCN(Cc2nc3ccc(Cl)cc3c(=O)[nH]2)C1. The highest BCUT2D eigenvalue weighted by molar-refractivity contribution is 6.31. The zero-order valence-electron chi connectivity index (χ0n) is 12.9. The number of nitrogens with one attached hydrogen (secondary N) is 1. The summed E-state index contributed by atoms with van der Waals surface area (Å²) < 4.78 is 0. The third-order valence-corrected chi connectivity index (χ3v) is 4.50. The zero-order chi connectivity index (χ0) is 15.5. The molecule has 0 aliphatic carbocycles. The van der Waals surface area contributed by atoms with Crippen LogP contribution in [-0.2, 0) is 6.54 Å². The number of fused-ring (bicyclic) bond motifs is 1. The second-order valence-corrected chi connectivity index (χ2v) is 6.43. The van der Waals surface area contributed by atoms with Gasteiger partial charge in [0.2, 0.25) is 0 Å². The number of likely N-dealkylation sites (tertiary alicyclic amines) is 1. The number of aromatic amines is 1. The average Bonchev–Trinajstić information content (AvgIpc) is 2.49. The Balaban J connectivity index is 0.00000192. The van der Waals surface area contributed by atoms with Crippen LogP contribution < -0.4 is 11.3 Å². The topological polar surface area (TPSA) is 75.0 Å². The molecule has 0 bridgehead atoms. The van der Waals surface area contributed by atoms with Crippen LogP contribution in [-0.4, -0.2) is 34.5 Å². The Bertz CT molecular complexity index is 717. The molecule has 1 saturated heterocycles. The maximum absolute atomic E-state index is 12.2. The Kier molecular flexibility index (Phi) is 6.41. The van der Waals surface area contributed by atoms with Crippen LogP contribution in [0.4, 0.5) is 0 Å². The van der Waals surface area contributed by atoms with Gasteiger partial charge in [0.1, 0.15) is 5.82 Å². The van der Waals surface area contributed by atoms with Crippen LogP contribution >= 0.6 is 24.0 Å². The van der Waals surface area contributed by atoms with E-state index in [4.69, 9.17) is 17.3 Å². The molecule has 5 nitrogen and oxygen atoms in total. The molecule has 1 aliphatic heterocycles. The van der Waals surface area contributed by atoms with Crippen LogP contribution in [0.15, 0.2) is 23.0 Å². The van der Waals surface area contributed by atoms with Crippen molar-refractivity contribution in [1.82, 2.24) is 14.9 Å². The monoisotopic (exact) mass is 356 g/mol. The van der Waals surface area contributed by atoms with Gasteiger partial charge in [0.25, 0.3) is 5.56 Å². The van der Waals surface area contributed by atoms with Crippen molar-refractivity contribution in [3.05, 3.63) is 39.4 Å². The molecule has 0 amide bonds. The number of rotatable bonds is 4. The number of nitrogens with two attached hydrogens (primary N) is 1. The minimum absolute atomic E-state index is 0. The molecule has 2 heterocycles. The van der Waals surface area contributed by atoms with Gasteiger partial charge in [-0.15, -0.1) is 12.4 Å². The number of H-pyrrole nitrogens is 1. The van der Waals surface area contributed by atoms with E-state index in [1.54, 1.807) is 18.2 Å². The van der Waals surface area contributed by atoms with Crippen molar-refractivity contribution in [2.45, 2.75) is 25.8 Å². The first kappa shape index (κ1) is 18.2. The molecule has 2 aromatic rings. The zero-order valence-corrected chi connectivity index (χ0v) is 14.5. The van der Waals surface area contributed by atoms with Gasteiger partial charge in [0.15, 0.2) is 0 Å². The third-order valence-electron chi connectivity index (χ3n) is 4.27. The summed E-state index contributed by atoms with van der Waals surface area (Å²) in [6, 6.07) is 5.22. The molecule has 1 aromatic carbocycles. The van der Waals surface area contributed by atoms with Crippen molar-refractivity contribution in [2.24, 2.45) is 11.7 Å². The number of nitrogens with zero attached hydrogens (tertiary/aromatic N) is 2. The number of hydrogen-bond acceptors (Lipinski definition) is 4. The third kappa shape index (κ3) is 4.44. The molecule has 7 heteroatoms. The van der Waals surface area contributed by atoms with Gasteiger partial charge < -0.3 is 10.7 Å². The molecule has 0 spiro atoms. The summed E-state index contributed by atoms with van der Waals surface area (Å²) in [5, 5.41) is 1.09. The first-order valence-electron chi connectivity index (χ1n) is 7.76. The fraction of sp³-hybridized carbons (Fsp3) is 0.500. The fourth-order valence-corrected chi connectivity index (χ4v) is 3.38. The number of hydrogen-bond donors (Lipinski definition) is 2. The maximum Gasteiger partial charge on any atom is 0.258 e. The predicted molar refractivity (Wildman–Crippen MR) is 96.3 cm³/mol. The van der Waals surface area contributed by atoms with E-state index >= 15 is 0 Å². The highest BCUT2D eigenvalue weighted by Crippen LogP contribution is 2.20. The molecule has 0 radical (unpaired) electrons. The van der Waals surface area contributed by atoms with Crippen LogP contribution in [0.2, 0.25) is 5.02 Å². The largest absolute Gasteiger partial charge is 0.330 e. The van der Waals surface area contributed by atoms with Crippen molar-refractivity contribution in [3.63, 3.8) is 0 Å². The van der Waals surface area contributed by atoms with E-state index in [1.807, 2.05) is 0 Å². The summed E-state index contributed by atoms with van der Waals surface area (Å²) >= 11 is 5.93. The van der Waals surface area contributed by atoms with Gasteiger partial charge in [-0.3, -0.25) is 9.69 Å². The second kappa shape index (κ2) is 8.11. The van der Waals surface area contributed by atoms with E-state index < -0.39 is 0 Å². The molecule has 1 aliphatic rings.